The minimum Gasteiger partial charge on any atom is -0.467 e. The fourth-order valence-corrected chi connectivity index (χ4v) is 1.26. The summed E-state index contributed by atoms with van der Waals surface area (Å²) in [6.45, 7) is 3.15. The molecule has 1 aromatic rings. The van der Waals surface area contributed by atoms with Crippen molar-refractivity contribution >= 4 is 9.84 Å². The molecule has 15 heavy (non-hydrogen) atoms. The summed E-state index contributed by atoms with van der Waals surface area (Å²) in [5, 5.41) is 0.280. The van der Waals surface area contributed by atoms with E-state index in [0.717, 1.165) is 5.41 Å². The van der Waals surface area contributed by atoms with E-state index in [0.29, 0.717) is 0 Å². The molecule has 0 saturated carbocycles. The molecule has 0 aromatic carbocycles. The Bertz CT molecular complexity index is 449. The number of sulfone groups is 1. The van der Waals surface area contributed by atoms with Gasteiger partial charge in [0.25, 0.3) is 5.16 Å². The molecule has 1 rings (SSSR count). The molecular formula is C7H9N3O4S. The molecule has 0 aliphatic carbocycles. The summed E-state index contributed by atoms with van der Waals surface area (Å²) in [4.78, 5) is 10.8. The Labute approximate surface area is 86.7 Å². The van der Waals surface area contributed by atoms with Crippen LogP contribution in [0.25, 0.3) is 0 Å². The number of hydrogen-bond donors (Lipinski definition) is 0. The molecule has 82 valence electrons. The third kappa shape index (κ3) is 2.40. The Morgan fingerprint density at radius 3 is 1.93 bits per heavy atom. The monoisotopic (exact) mass is 231 g/mol. The summed E-state index contributed by atoms with van der Waals surface area (Å²) in [6, 6.07) is -0.274. The summed E-state index contributed by atoms with van der Waals surface area (Å²) >= 11 is 0. The number of aromatic nitrogens is 3. The number of rotatable bonds is 4. The van der Waals surface area contributed by atoms with E-state index in [4.69, 9.17) is 9.47 Å². The van der Waals surface area contributed by atoms with Crippen LogP contribution in [-0.4, -0.2) is 37.6 Å². The molecule has 0 radical (unpaired) electrons. The highest BCUT2D eigenvalue weighted by Gasteiger charge is 2.17. The van der Waals surface area contributed by atoms with Gasteiger partial charge in [-0.05, 0) is 0 Å². The molecule has 0 bridgehead atoms. The summed E-state index contributed by atoms with van der Waals surface area (Å²) in [6.07, 6.45) is 0. The van der Waals surface area contributed by atoms with Gasteiger partial charge in [0, 0.05) is 5.41 Å². The normalized spacial score (nSPS) is 10.8. The molecule has 0 aliphatic heterocycles. The Hall–Kier alpha value is -1.70. The molecule has 1 aromatic heterocycles. The van der Waals surface area contributed by atoms with Gasteiger partial charge in [0.05, 0.1) is 14.2 Å². The van der Waals surface area contributed by atoms with Gasteiger partial charge in [-0.2, -0.15) is 9.97 Å². The van der Waals surface area contributed by atoms with Crippen LogP contribution in [0.2, 0.25) is 0 Å². The molecule has 0 unspecified atom stereocenters. The molecule has 1 heterocycles. The van der Waals surface area contributed by atoms with Gasteiger partial charge in [-0.1, -0.05) is 6.58 Å². The van der Waals surface area contributed by atoms with Crippen molar-refractivity contribution in [3.8, 4) is 12.0 Å². The maximum Gasteiger partial charge on any atom is 0.323 e. The van der Waals surface area contributed by atoms with Crippen LogP contribution in [-0.2, 0) is 9.84 Å². The maximum absolute atomic E-state index is 11.4. The molecule has 8 heteroatoms. The Balaban J connectivity index is 3.36. The van der Waals surface area contributed by atoms with Crippen molar-refractivity contribution in [2.75, 3.05) is 14.2 Å². The van der Waals surface area contributed by atoms with Gasteiger partial charge in [-0.25, -0.2) is 8.42 Å². The van der Waals surface area contributed by atoms with E-state index < -0.39 is 15.0 Å². The van der Waals surface area contributed by atoms with Gasteiger partial charge in [0.15, 0.2) is 0 Å². The third-order valence-electron chi connectivity index (χ3n) is 1.41. The van der Waals surface area contributed by atoms with Gasteiger partial charge in [-0.15, -0.1) is 4.98 Å². The van der Waals surface area contributed by atoms with Gasteiger partial charge >= 0.3 is 12.0 Å². The van der Waals surface area contributed by atoms with Crippen LogP contribution < -0.4 is 9.47 Å². The smallest absolute Gasteiger partial charge is 0.323 e. The quantitative estimate of drug-likeness (QED) is 0.708. The fraction of sp³-hybridized carbons (Fsp3) is 0.286. The lowest BCUT2D eigenvalue weighted by Crippen LogP contribution is -2.07. The predicted molar refractivity (Wildman–Crippen MR) is 50.3 cm³/mol. The van der Waals surface area contributed by atoms with Crippen molar-refractivity contribution < 1.29 is 17.9 Å². The van der Waals surface area contributed by atoms with E-state index in [1.807, 2.05) is 0 Å². The van der Waals surface area contributed by atoms with Crippen LogP contribution in [0.1, 0.15) is 0 Å². The zero-order valence-corrected chi connectivity index (χ0v) is 8.98. The van der Waals surface area contributed by atoms with Gasteiger partial charge in [-0.3, -0.25) is 0 Å². The first-order chi connectivity index (χ1) is 7.03. The van der Waals surface area contributed by atoms with Gasteiger partial charge in [0.2, 0.25) is 9.84 Å². The molecule has 7 nitrogen and oxygen atoms in total. The first-order valence-electron chi connectivity index (χ1n) is 3.75. The van der Waals surface area contributed by atoms with Crippen molar-refractivity contribution in [2.24, 2.45) is 0 Å². The van der Waals surface area contributed by atoms with E-state index in [9.17, 15) is 8.42 Å². The lowest BCUT2D eigenvalue weighted by molar-refractivity contribution is 0.331. The fourth-order valence-electron chi connectivity index (χ4n) is 0.705. The number of ether oxygens (including phenoxy) is 2. The molecule has 0 amide bonds. The highest BCUT2D eigenvalue weighted by atomic mass is 32.2. The van der Waals surface area contributed by atoms with E-state index >= 15 is 0 Å². The second kappa shape index (κ2) is 4.22. The highest BCUT2D eigenvalue weighted by molar-refractivity contribution is 7.94. The SMILES string of the molecule is C=CS(=O)(=O)c1nc(OC)nc(OC)n1. The topological polar surface area (TPSA) is 91.3 Å². The van der Waals surface area contributed by atoms with Gasteiger partial charge < -0.3 is 9.47 Å². The van der Waals surface area contributed by atoms with E-state index in [1.165, 1.54) is 14.2 Å². The Morgan fingerprint density at radius 2 is 1.60 bits per heavy atom. The maximum atomic E-state index is 11.4. The van der Waals surface area contributed by atoms with Crippen molar-refractivity contribution in [1.29, 1.82) is 0 Å². The standard InChI is InChI=1S/C7H9N3O4S/c1-4-15(11,12)7-9-5(13-2)8-6(10-7)14-3/h4H,1H2,2-3H3. The van der Waals surface area contributed by atoms with Crippen molar-refractivity contribution in [3.05, 3.63) is 12.0 Å². The van der Waals surface area contributed by atoms with Crippen LogP contribution in [0.4, 0.5) is 0 Å². The number of hydrogen-bond acceptors (Lipinski definition) is 7. The predicted octanol–water partition coefficient (Wildman–Crippen LogP) is -0.194. The zero-order chi connectivity index (χ0) is 11.5. The highest BCUT2D eigenvalue weighted by Crippen LogP contribution is 2.13. The number of methoxy groups -OCH3 is 2. The summed E-state index contributed by atoms with van der Waals surface area (Å²) in [5.74, 6) is 0. The molecule has 0 fully saturated rings. The van der Waals surface area contributed by atoms with Crippen molar-refractivity contribution in [2.45, 2.75) is 5.16 Å². The lowest BCUT2D eigenvalue weighted by Gasteiger charge is -2.03. The van der Waals surface area contributed by atoms with E-state index in [2.05, 4.69) is 21.5 Å². The molecular weight excluding hydrogens is 222 g/mol. The summed E-state index contributed by atoms with van der Waals surface area (Å²) in [7, 11) is -1.11. The molecule has 0 spiro atoms. The minimum absolute atomic E-state index is 0.137. The Kier molecular flexibility index (Phi) is 3.20. The first-order valence-corrected chi connectivity index (χ1v) is 5.29. The van der Waals surface area contributed by atoms with Gasteiger partial charge in [0.1, 0.15) is 0 Å². The van der Waals surface area contributed by atoms with Crippen LogP contribution in [0.5, 0.6) is 12.0 Å². The molecule has 0 saturated heterocycles. The van der Waals surface area contributed by atoms with Crippen LogP contribution in [0.3, 0.4) is 0 Å². The van der Waals surface area contributed by atoms with Crippen molar-refractivity contribution in [3.63, 3.8) is 0 Å². The number of nitrogens with zero attached hydrogens (tertiary/aromatic N) is 3. The zero-order valence-electron chi connectivity index (χ0n) is 8.17. The largest absolute Gasteiger partial charge is 0.467 e. The molecule has 0 atom stereocenters. The van der Waals surface area contributed by atoms with Crippen LogP contribution in [0.15, 0.2) is 17.1 Å². The third-order valence-corrected chi connectivity index (χ3v) is 2.54. The average molecular weight is 231 g/mol. The molecule has 0 aliphatic rings. The van der Waals surface area contributed by atoms with Crippen LogP contribution >= 0.6 is 0 Å². The summed E-state index contributed by atoms with van der Waals surface area (Å²) in [5.41, 5.74) is 0. The molecule has 0 N–H and O–H groups in total. The van der Waals surface area contributed by atoms with Crippen molar-refractivity contribution in [1.82, 2.24) is 15.0 Å². The van der Waals surface area contributed by atoms with Crippen LogP contribution in [0, 0.1) is 0 Å². The average Bonchev–Trinajstić information content (AvgIpc) is 2.28. The first kappa shape index (κ1) is 11.4. The second-order valence-electron chi connectivity index (χ2n) is 2.30. The lowest BCUT2D eigenvalue weighted by atomic mass is 10.9. The minimum atomic E-state index is -3.72. The summed E-state index contributed by atoms with van der Waals surface area (Å²) < 4.78 is 32.1. The second-order valence-corrected chi connectivity index (χ2v) is 4.09. The van der Waals surface area contributed by atoms with E-state index in [-0.39, 0.29) is 12.0 Å². The van der Waals surface area contributed by atoms with E-state index in [1.54, 1.807) is 0 Å². The Morgan fingerprint density at radius 1 is 1.13 bits per heavy atom.